The number of methoxy groups -OCH3 is 2. The molecule has 0 aliphatic rings. The second-order valence-corrected chi connectivity index (χ2v) is 5.31. The van der Waals surface area contributed by atoms with E-state index in [1.165, 1.54) is 0 Å². The van der Waals surface area contributed by atoms with Crippen molar-refractivity contribution in [2.45, 2.75) is 26.7 Å². The smallest absolute Gasteiger partial charge is 0.227 e. The van der Waals surface area contributed by atoms with Crippen LogP contribution in [0.1, 0.15) is 25.8 Å². The summed E-state index contributed by atoms with van der Waals surface area (Å²) < 4.78 is 10.5. The standard InChI is InChI=1S/C16H26N2O3/c1-5-16(2,11-17)15(19)18-9-8-12-6-7-13(20-3)14(10-12)21-4/h6-7,10H,5,8-9,11,17H2,1-4H3,(H,18,19). The minimum atomic E-state index is -0.488. The third-order valence-electron chi connectivity index (χ3n) is 3.93. The van der Waals surface area contributed by atoms with Gasteiger partial charge in [-0.15, -0.1) is 0 Å². The molecule has 0 aliphatic heterocycles. The summed E-state index contributed by atoms with van der Waals surface area (Å²) >= 11 is 0. The van der Waals surface area contributed by atoms with E-state index in [1.54, 1.807) is 14.2 Å². The molecule has 0 aliphatic carbocycles. The van der Waals surface area contributed by atoms with Crippen molar-refractivity contribution in [3.63, 3.8) is 0 Å². The fraction of sp³-hybridized carbons (Fsp3) is 0.562. The molecule has 1 atom stereocenters. The Bertz CT molecular complexity index is 471. The first kappa shape index (κ1) is 17.3. The Labute approximate surface area is 126 Å². The molecule has 1 aromatic carbocycles. The van der Waals surface area contributed by atoms with Gasteiger partial charge in [-0.3, -0.25) is 4.79 Å². The molecule has 0 spiro atoms. The fourth-order valence-corrected chi connectivity index (χ4v) is 1.97. The van der Waals surface area contributed by atoms with Crippen LogP contribution in [0.15, 0.2) is 18.2 Å². The van der Waals surface area contributed by atoms with Crippen molar-refractivity contribution in [3.8, 4) is 11.5 Å². The zero-order valence-electron chi connectivity index (χ0n) is 13.4. The molecule has 0 aromatic heterocycles. The average Bonchev–Trinajstić information content (AvgIpc) is 2.53. The van der Waals surface area contributed by atoms with Gasteiger partial charge in [0.1, 0.15) is 0 Å². The maximum Gasteiger partial charge on any atom is 0.227 e. The van der Waals surface area contributed by atoms with Crippen molar-refractivity contribution >= 4 is 5.91 Å². The van der Waals surface area contributed by atoms with Gasteiger partial charge in [0.15, 0.2) is 11.5 Å². The second kappa shape index (κ2) is 7.88. The Balaban J connectivity index is 2.58. The van der Waals surface area contributed by atoms with Crippen LogP contribution in [-0.2, 0) is 11.2 Å². The number of rotatable bonds is 8. The molecule has 1 aromatic rings. The molecular formula is C16H26N2O3. The molecule has 0 fully saturated rings. The molecule has 3 N–H and O–H groups in total. The van der Waals surface area contributed by atoms with E-state index < -0.39 is 5.41 Å². The van der Waals surface area contributed by atoms with Crippen LogP contribution in [0.4, 0.5) is 0 Å². The number of hydrogen-bond acceptors (Lipinski definition) is 4. The number of nitrogens with two attached hydrogens (primary N) is 1. The van der Waals surface area contributed by atoms with Gasteiger partial charge in [0.2, 0.25) is 5.91 Å². The van der Waals surface area contributed by atoms with Crippen LogP contribution in [0.5, 0.6) is 11.5 Å². The van der Waals surface area contributed by atoms with Gasteiger partial charge in [-0.2, -0.15) is 0 Å². The van der Waals surface area contributed by atoms with Gasteiger partial charge in [-0.05, 0) is 37.5 Å². The maximum absolute atomic E-state index is 12.1. The second-order valence-electron chi connectivity index (χ2n) is 5.31. The summed E-state index contributed by atoms with van der Waals surface area (Å²) in [4.78, 5) is 12.1. The first-order valence-electron chi connectivity index (χ1n) is 7.20. The molecule has 21 heavy (non-hydrogen) atoms. The molecule has 1 amide bonds. The Hall–Kier alpha value is -1.75. The highest BCUT2D eigenvalue weighted by molar-refractivity contribution is 5.82. The molecule has 0 saturated heterocycles. The van der Waals surface area contributed by atoms with E-state index in [1.807, 2.05) is 32.0 Å². The topological polar surface area (TPSA) is 73.6 Å². The van der Waals surface area contributed by atoms with Crippen molar-refractivity contribution in [3.05, 3.63) is 23.8 Å². The largest absolute Gasteiger partial charge is 0.493 e. The normalized spacial score (nSPS) is 13.4. The average molecular weight is 294 g/mol. The summed E-state index contributed by atoms with van der Waals surface area (Å²) in [5.74, 6) is 1.40. The van der Waals surface area contributed by atoms with Gasteiger partial charge in [0, 0.05) is 13.1 Å². The summed E-state index contributed by atoms with van der Waals surface area (Å²) in [5, 5.41) is 2.95. The lowest BCUT2D eigenvalue weighted by molar-refractivity contribution is -0.129. The van der Waals surface area contributed by atoms with Gasteiger partial charge in [-0.1, -0.05) is 13.0 Å². The molecule has 1 unspecified atom stereocenters. The van der Waals surface area contributed by atoms with E-state index in [0.717, 1.165) is 18.4 Å². The van der Waals surface area contributed by atoms with Crippen LogP contribution in [-0.4, -0.2) is 33.2 Å². The quantitative estimate of drug-likeness (QED) is 0.766. The van der Waals surface area contributed by atoms with E-state index in [9.17, 15) is 4.79 Å². The molecule has 0 radical (unpaired) electrons. The summed E-state index contributed by atoms with van der Waals surface area (Å²) in [7, 11) is 3.22. The third-order valence-corrected chi connectivity index (χ3v) is 3.93. The lowest BCUT2D eigenvalue weighted by Crippen LogP contribution is -2.44. The van der Waals surface area contributed by atoms with E-state index in [2.05, 4.69) is 5.32 Å². The Morgan fingerprint density at radius 2 is 1.95 bits per heavy atom. The number of benzene rings is 1. The van der Waals surface area contributed by atoms with Crippen molar-refractivity contribution in [1.29, 1.82) is 0 Å². The molecule has 1 rings (SSSR count). The number of carbonyl (C=O) groups is 1. The first-order chi connectivity index (χ1) is 10.0. The highest BCUT2D eigenvalue weighted by atomic mass is 16.5. The Morgan fingerprint density at radius 3 is 2.48 bits per heavy atom. The Morgan fingerprint density at radius 1 is 1.29 bits per heavy atom. The molecule has 5 nitrogen and oxygen atoms in total. The predicted octanol–water partition coefficient (Wildman–Crippen LogP) is 1.74. The van der Waals surface area contributed by atoms with Crippen molar-refractivity contribution in [2.75, 3.05) is 27.3 Å². The number of nitrogens with one attached hydrogen (secondary N) is 1. The Kier molecular flexibility index (Phi) is 6.49. The zero-order chi connectivity index (χ0) is 15.9. The third kappa shape index (κ3) is 4.36. The van der Waals surface area contributed by atoms with Crippen molar-refractivity contribution < 1.29 is 14.3 Å². The van der Waals surface area contributed by atoms with E-state index in [4.69, 9.17) is 15.2 Å². The molecular weight excluding hydrogens is 268 g/mol. The first-order valence-corrected chi connectivity index (χ1v) is 7.20. The number of hydrogen-bond donors (Lipinski definition) is 2. The summed E-state index contributed by atoms with van der Waals surface area (Å²) in [6.45, 7) is 4.79. The fourth-order valence-electron chi connectivity index (χ4n) is 1.97. The lowest BCUT2D eigenvalue weighted by Gasteiger charge is -2.24. The molecule has 5 heteroatoms. The van der Waals surface area contributed by atoms with E-state index in [0.29, 0.717) is 24.6 Å². The molecule has 0 saturated carbocycles. The molecule has 118 valence electrons. The zero-order valence-corrected chi connectivity index (χ0v) is 13.4. The molecule has 0 bridgehead atoms. The lowest BCUT2D eigenvalue weighted by atomic mass is 9.86. The van der Waals surface area contributed by atoms with Crippen LogP contribution >= 0.6 is 0 Å². The number of ether oxygens (including phenoxy) is 2. The van der Waals surface area contributed by atoms with Crippen LogP contribution in [0, 0.1) is 5.41 Å². The van der Waals surface area contributed by atoms with Crippen molar-refractivity contribution in [2.24, 2.45) is 11.1 Å². The van der Waals surface area contributed by atoms with Gasteiger partial charge in [-0.25, -0.2) is 0 Å². The van der Waals surface area contributed by atoms with E-state index in [-0.39, 0.29) is 5.91 Å². The maximum atomic E-state index is 12.1. The molecule has 0 heterocycles. The SMILES string of the molecule is CCC(C)(CN)C(=O)NCCc1ccc(OC)c(OC)c1. The number of amides is 1. The van der Waals surface area contributed by atoms with Gasteiger partial charge in [0.25, 0.3) is 0 Å². The van der Waals surface area contributed by atoms with Crippen LogP contribution in [0.2, 0.25) is 0 Å². The van der Waals surface area contributed by atoms with Crippen LogP contribution in [0.25, 0.3) is 0 Å². The highest BCUT2D eigenvalue weighted by Gasteiger charge is 2.28. The van der Waals surface area contributed by atoms with E-state index >= 15 is 0 Å². The van der Waals surface area contributed by atoms with Gasteiger partial charge >= 0.3 is 0 Å². The summed E-state index contributed by atoms with van der Waals surface area (Å²) in [6.07, 6.45) is 1.46. The monoisotopic (exact) mass is 294 g/mol. The predicted molar refractivity (Wildman–Crippen MR) is 83.7 cm³/mol. The van der Waals surface area contributed by atoms with Gasteiger partial charge < -0.3 is 20.5 Å². The van der Waals surface area contributed by atoms with Gasteiger partial charge in [0.05, 0.1) is 19.6 Å². The number of carbonyl (C=O) groups excluding carboxylic acids is 1. The van der Waals surface area contributed by atoms with Crippen LogP contribution in [0.3, 0.4) is 0 Å². The minimum Gasteiger partial charge on any atom is -0.493 e. The van der Waals surface area contributed by atoms with Crippen LogP contribution < -0.4 is 20.5 Å². The summed E-state index contributed by atoms with van der Waals surface area (Å²) in [6, 6.07) is 5.76. The minimum absolute atomic E-state index is 0.00739. The van der Waals surface area contributed by atoms with Crippen molar-refractivity contribution in [1.82, 2.24) is 5.32 Å². The summed E-state index contributed by atoms with van der Waals surface area (Å²) in [5.41, 5.74) is 6.27. The highest BCUT2D eigenvalue weighted by Crippen LogP contribution is 2.27.